The van der Waals surface area contributed by atoms with Crippen LogP contribution in [0.15, 0.2) is 29.8 Å². The molecule has 0 bridgehead atoms. The highest BCUT2D eigenvalue weighted by atomic mass is 16.5. The van der Waals surface area contributed by atoms with Crippen LogP contribution in [0.4, 0.5) is 5.69 Å². The van der Waals surface area contributed by atoms with Crippen LogP contribution in [0.5, 0.6) is 0 Å². The summed E-state index contributed by atoms with van der Waals surface area (Å²) >= 11 is 0. The normalized spacial score (nSPS) is 15.6. The highest BCUT2D eigenvalue weighted by Crippen LogP contribution is 2.14. The molecule has 1 aromatic rings. The van der Waals surface area contributed by atoms with Crippen molar-refractivity contribution in [3.05, 3.63) is 35.4 Å². The van der Waals surface area contributed by atoms with Gasteiger partial charge in [0.1, 0.15) is 11.6 Å². The third-order valence-corrected chi connectivity index (χ3v) is 3.90. The molecule has 0 spiro atoms. The van der Waals surface area contributed by atoms with Crippen LogP contribution in [-0.2, 0) is 9.53 Å². The van der Waals surface area contributed by atoms with Crippen molar-refractivity contribution in [2.45, 2.75) is 0 Å². The molecule has 24 heavy (non-hydrogen) atoms. The Hall–Kier alpha value is -2.36. The first-order valence-corrected chi connectivity index (χ1v) is 8.07. The van der Waals surface area contributed by atoms with Crippen LogP contribution in [0.25, 0.3) is 6.08 Å². The summed E-state index contributed by atoms with van der Waals surface area (Å²) in [4.78, 5) is 16.4. The molecule has 0 saturated carbocycles. The minimum atomic E-state index is -0.331. The maximum Gasteiger partial charge on any atom is 0.261 e. The Labute approximate surface area is 143 Å². The second-order valence-electron chi connectivity index (χ2n) is 5.87. The molecular weight excluding hydrogens is 304 g/mol. The Morgan fingerprint density at radius 3 is 2.58 bits per heavy atom. The molecule has 1 aliphatic heterocycles. The van der Waals surface area contributed by atoms with Crippen molar-refractivity contribution in [3.8, 4) is 6.07 Å². The number of nitrogens with one attached hydrogen (secondary N) is 1. The minimum absolute atomic E-state index is 0.120. The molecule has 128 valence electrons. The van der Waals surface area contributed by atoms with Gasteiger partial charge in [-0.15, -0.1) is 0 Å². The first-order valence-electron chi connectivity index (χ1n) is 8.07. The van der Waals surface area contributed by atoms with Gasteiger partial charge in [0, 0.05) is 46.0 Å². The standard InChI is InChI=1S/C18H24N4O2/c1-21(2)17-5-3-15(4-6-17)13-16(14-19)18(23)20-7-8-22-9-11-24-12-10-22/h3-6,13H,7-12H2,1-2H3,(H,20,23)/b16-13+. The summed E-state index contributed by atoms with van der Waals surface area (Å²) in [7, 11) is 3.93. The summed E-state index contributed by atoms with van der Waals surface area (Å²) in [6, 6.07) is 9.69. The van der Waals surface area contributed by atoms with Crippen molar-refractivity contribution >= 4 is 17.7 Å². The van der Waals surface area contributed by atoms with Crippen molar-refractivity contribution in [3.63, 3.8) is 0 Å². The largest absolute Gasteiger partial charge is 0.379 e. The van der Waals surface area contributed by atoms with E-state index < -0.39 is 0 Å². The number of carbonyl (C=O) groups is 1. The van der Waals surface area contributed by atoms with Crippen molar-refractivity contribution < 1.29 is 9.53 Å². The van der Waals surface area contributed by atoms with E-state index in [1.807, 2.05) is 49.3 Å². The van der Waals surface area contributed by atoms with Gasteiger partial charge in [-0.2, -0.15) is 5.26 Å². The van der Waals surface area contributed by atoms with E-state index in [0.717, 1.165) is 44.1 Å². The second kappa shape index (κ2) is 9.06. The molecule has 0 unspecified atom stereocenters. The number of morpholine rings is 1. The molecule has 1 N–H and O–H groups in total. The number of hydrogen-bond donors (Lipinski definition) is 1. The van der Waals surface area contributed by atoms with Crippen LogP contribution < -0.4 is 10.2 Å². The Balaban J connectivity index is 1.89. The van der Waals surface area contributed by atoms with E-state index in [-0.39, 0.29) is 11.5 Å². The van der Waals surface area contributed by atoms with Gasteiger partial charge in [0.05, 0.1) is 13.2 Å². The molecule has 1 saturated heterocycles. The van der Waals surface area contributed by atoms with Gasteiger partial charge in [0.15, 0.2) is 0 Å². The Morgan fingerprint density at radius 1 is 1.33 bits per heavy atom. The van der Waals surface area contributed by atoms with E-state index in [1.54, 1.807) is 6.08 Å². The summed E-state index contributed by atoms with van der Waals surface area (Å²) in [6.07, 6.45) is 1.61. The SMILES string of the molecule is CN(C)c1ccc(/C=C(\C#N)C(=O)NCCN2CCOCC2)cc1. The van der Waals surface area contributed by atoms with Crippen LogP contribution in [-0.4, -0.2) is 64.3 Å². The Bertz CT molecular complexity index is 611. The maximum absolute atomic E-state index is 12.1. The summed E-state index contributed by atoms with van der Waals surface area (Å²) in [6.45, 7) is 4.54. The zero-order valence-electron chi connectivity index (χ0n) is 14.3. The number of amides is 1. The molecule has 1 fully saturated rings. The molecule has 0 aliphatic carbocycles. The van der Waals surface area contributed by atoms with Gasteiger partial charge in [0.25, 0.3) is 5.91 Å². The van der Waals surface area contributed by atoms with E-state index in [9.17, 15) is 10.1 Å². The fraction of sp³-hybridized carbons (Fsp3) is 0.444. The highest BCUT2D eigenvalue weighted by Gasteiger charge is 2.12. The average molecular weight is 328 g/mol. The minimum Gasteiger partial charge on any atom is -0.379 e. The van der Waals surface area contributed by atoms with Gasteiger partial charge in [-0.1, -0.05) is 12.1 Å². The van der Waals surface area contributed by atoms with Crippen molar-refractivity contribution in [1.82, 2.24) is 10.2 Å². The first kappa shape index (κ1) is 18.0. The molecule has 1 heterocycles. The summed E-state index contributed by atoms with van der Waals surface area (Å²) in [5.74, 6) is -0.331. The number of rotatable bonds is 6. The maximum atomic E-state index is 12.1. The first-order chi connectivity index (χ1) is 11.6. The molecule has 1 aromatic carbocycles. The fourth-order valence-corrected chi connectivity index (χ4v) is 2.43. The van der Waals surface area contributed by atoms with Crippen molar-refractivity contribution in [2.75, 3.05) is 58.4 Å². The zero-order valence-corrected chi connectivity index (χ0v) is 14.3. The molecule has 0 radical (unpaired) electrons. The van der Waals surface area contributed by atoms with Crippen LogP contribution in [0.2, 0.25) is 0 Å². The van der Waals surface area contributed by atoms with Crippen LogP contribution in [0.1, 0.15) is 5.56 Å². The second-order valence-corrected chi connectivity index (χ2v) is 5.87. The lowest BCUT2D eigenvalue weighted by Gasteiger charge is -2.26. The molecule has 1 amide bonds. The predicted molar refractivity (Wildman–Crippen MR) is 94.6 cm³/mol. The van der Waals surface area contributed by atoms with E-state index in [1.165, 1.54) is 0 Å². The molecular formula is C18H24N4O2. The lowest BCUT2D eigenvalue weighted by atomic mass is 10.1. The fourth-order valence-electron chi connectivity index (χ4n) is 2.43. The molecule has 6 heteroatoms. The van der Waals surface area contributed by atoms with Crippen LogP contribution >= 0.6 is 0 Å². The number of anilines is 1. The molecule has 1 aliphatic rings. The Kier molecular flexibility index (Phi) is 6.79. The summed E-state index contributed by atoms with van der Waals surface area (Å²) < 4.78 is 5.29. The monoisotopic (exact) mass is 328 g/mol. The quantitative estimate of drug-likeness (QED) is 0.626. The van der Waals surface area contributed by atoms with Gasteiger partial charge in [0.2, 0.25) is 0 Å². The van der Waals surface area contributed by atoms with Gasteiger partial charge in [-0.3, -0.25) is 9.69 Å². The van der Waals surface area contributed by atoms with Gasteiger partial charge in [-0.05, 0) is 23.8 Å². The van der Waals surface area contributed by atoms with Crippen molar-refractivity contribution in [1.29, 1.82) is 5.26 Å². The lowest BCUT2D eigenvalue weighted by Crippen LogP contribution is -2.41. The number of carbonyl (C=O) groups excluding carboxylic acids is 1. The van der Waals surface area contributed by atoms with Gasteiger partial charge >= 0.3 is 0 Å². The smallest absolute Gasteiger partial charge is 0.261 e. The van der Waals surface area contributed by atoms with Gasteiger partial charge < -0.3 is 15.0 Å². The molecule has 2 rings (SSSR count). The molecule has 0 aromatic heterocycles. The van der Waals surface area contributed by atoms with E-state index >= 15 is 0 Å². The predicted octanol–water partition coefficient (Wildman–Crippen LogP) is 1.11. The summed E-state index contributed by atoms with van der Waals surface area (Å²) in [5.41, 5.74) is 2.02. The third-order valence-electron chi connectivity index (χ3n) is 3.90. The van der Waals surface area contributed by atoms with Crippen LogP contribution in [0.3, 0.4) is 0 Å². The average Bonchev–Trinajstić information content (AvgIpc) is 2.60. The third kappa shape index (κ3) is 5.37. The van der Waals surface area contributed by atoms with E-state index in [4.69, 9.17) is 4.74 Å². The molecule has 6 nitrogen and oxygen atoms in total. The summed E-state index contributed by atoms with van der Waals surface area (Å²) in [5, 5.41) is 12.0. The number of nitriles is 1. The topological polar surface area (TPSA) is 68.6 Å². The number of hydrogen-bond acceptors (Lipinski definition) is 5. The van der Waals surface area contributed by atoms with E-state index in [0.29, 0.717) is 6.54 Å². The zero-order chi connectivity index (χ0) is 17.4. The van der Waals surface area contributed by atoms with Crippen molar-refractivity contribution in [2.24, 2.45) is 0 Å². The number of nitrogens with zero attached hydrogens (tertiary/aromatic N) is 3. The highest BCUT2D eigenvalue weighted by molar-refractivity contribution is 6.01. The molecule has 0 atom stereocenters. The van der Waals surface area contributed by atoms with Crippen LogP contribution in [0, 0.1) is 11.3 Å². The lowest BCUT2D eigenvalue weighted by molar-refractivity contribution is -0.117. The Morgan fingerprint density at radius 2 is 2.00 bits per heavy atom. The van der Waals surface area contributed by atoms with Gasteiger partial charge in [-0.25, -0.2) is 0 Å². The number of ether oxygens (including phenoxy) is 1. The van der Waals surface area contributed by atoms with E-state index in [2.05, 4.69) is 10.2 Å². The number of benzene rings is 1.